The van der Waals surface area contributed by atoms with Crippen LogP contribution in [0.5, 0.6) is 0 Å². The third-order valence-electron chi connectivity index (χ3n) is 3.58. The Labute approximate surface area is 126 Å². The number of non-ortho nitro benzene ring substituents is 1. The molecule has 0 heterocycles. The molecule has 8 nitrogen and oxygen atoms in total. The summed E-state index contributed by atoms with van der Waals surface area (Å²) in [6, 6.07) is 5.35. The first-order chi connectivity index (χ1) is 9.99. The Kier molecular flexibility index (Phi) is 4.75. The molecule has 1 aromatic carbocycles. The lowest BCUT2D eigenvalue weighted by Crippen LogP contribution is -2.63. The minimum Gasteiger partial charge on any atom is -0.479 e. The van der Waals surface area contributed by atoms with Crippen molar-refractivity contribution in [1.29, 1.82) is 0 Å². The highest BCUT2D eigenvalue weighted by atomic mass is 16.6. The molecule has 0 saturated carbocycles. The van der Waals surface area contributed by atoms with Gasteiger partial charge >= 0.3 is 12.1 Å². The fraction of sp³-hybridized carbons (Fsp3) is 0.429. The standard InChI is InChI=1S/C14H18N2O6/c1-13(2,3)14(11(17)18,15-12(19)20)8-9-4-6-10(7-5-9)16(21)22/h4-7,15H,8H2,1-3H3,(H,17,18)(H,19,20)/t14-/m0/s1. The summed E-state index contributed by atoms with van der Waals surface area (Å²) in [5, 5.41) is 31.3. The molecule has 3 N–H and O–H groups in total. The molecule has 1 rings (SSSR count). The number of aliphatic carboxylic acids is 1. The van der Waals surface area contributed by atoms with Crippen LogP contribution >= 0.6 is 0 Å². The van der Waals surface area contributed by atoms with Gasteiger partial charge in [-0.2, -0.15) is 0 Å². The zero-order chi connectivity index (χ0) is 17.1. The van der Waals surface area contributed by atoms with Crippen LogP contribution < -0.4 is 5.32 Å². The van der Waals surface area contributed by atoms with E-state index in [2.05, 4.69) is 5.32 Å². The smallest absolute Gasteiger partial charge is 0.405 e. The molecular weight excluding hydrogens is 292 g/mol. The molecule has 0 spiro atoms. The van der Waals surface area contributed by atoms with Crippen molar-refractivity contribution in [3.05, 3.63) is 39.9 Å². The first-order valence-electron chi connectivity index (χ1n) is 6.47. The number of hydrogen-bond acceptors (Lipinski definition) is 4. The summed E-state index contributed by atoms with van der Waals surface area (Å²) in [5.74, 6) is -1.30. The molecule has 120 valence electrons. The van der Waals surface area contributed by atoms with Crippen LogP contribution in [0.4, 0.5) is 10.5 Å². The van der Waals surface area contributed by atoms with Gasteiger partial charge in [0.2, 0.25) is 0 Å². The predicted molar refractivity (Wildman–Crippen MR) is 77.8 cm³/mol. The number of nitrogens with zero attached hydrogens (tertiary/aromatic N) is 1. The average molecular weight is 310 g/mol. The van der Waals surface area contributed by atoms with Crippen molar-refractivity contribution in [2.45, 2.75) is 32.7 Å². The molecule has 0 aliphatic carbocycles. The number of rotatable bonds is 5. The number of benzene rings is 1. The quantitative estimate of drug-likeness (QED) is 0.565. The van der Waals surface area contributed by atoms with Gasteiger partial charge in [0.25, 0.3) is 5.69 Å². The molecule has 1 amide bonds. The average Bonchev–Trinajstić information content (AvgIpc) is 2.36. The molecule has 0 radical (unpaired) electrons. The predicted octanol–water partition coefficient (Wildman–Crippen LogP) is 2.27. The summed E-state index contributed by atoms with van der Waals surface area (Å²) in [7, 11) is 0. The van der Waals surface area contributed by atoms with Crippen molar-refractivity contribution in [1.82, 2.24) is 5.32 Å². The Morgan fingerprint density at radius 2 is 1.68 bits per heavy atom. The second-order valence-electron chi connectivity index (χ2n) is 5.99. The van der Waals surface area contributed by atoms with Gasteiger partial charge in [-0.3, -0.25) is 10.1 Å². The number of nitrogens with one attached hydrogen (secondary N) is 1. The minimum atomic E-state index is -1.75. The Morgan fingerprint density at radius 1 is 1.18 bits per heavy atom. The maximum absolute atomic E-state index is 11.7. The Morgan fingerprint density at radius 3 is 2.00 bits per heavy atom. The van der Waals surface area contributed by atoms with E-state index in [0.29, 0.717) is 5.56 Å². The molecule has 1 aromatic rings. The second kappa shape index (κ2) is 6.00. The van der Waals surface area contributed by atoms with Gasteiger partial charge in [-0.1, -0.05) is 32.9 Å². The summed E-state index contributed by atoms with van der Waals surface area (Å²) >= 11 is 0. The molecule has 0 unspecified atom stereocenters. The highest BCUT2D eigenvalue weighted by Gasteiger charge is 2.50. The summed E-state index contributed by atoms with van der Waals surface area (Å²) in [6.07, 6.45) is -1.57. The highest BCUT2D eigenvalue weighted by Crippen LogP contribution is 2.34. The van der Waals surface area contributed by atoms with Crippen LogP contribution in [0.25, 0.3) is 0 Å². The molecule has 0 saturated heterocycles. The first kappa shape index (κ1) is 17.4. The van der Waals surface area contributed by atoms with Gasteiger partial charge in [-0.25, -0.2) is 9.59 Å². The number of carboxylic acid groups (broad SMARTS) is 2. The Bertz CT molecular complexity index is 590. The molecule has 0 aliphatic rings. The summed E-state index contributed by atoms with van der Waals surface area (Å²) in [4.78, 5) is 32.9. The largest absolute Gasteiger partial charge is 0.479 e. The zero-order valence-electron chi connectivity index (χ0n) is 12.5. The topological polar surface area (TPSA) is 130 Å². The van der Waals surface area contributed by atoms with E-state index in [-0.39, 0.29) is 12.1 Å². The normalized spacial score (nSPS) is 14.0. The molecule has 0 aliphatic heterocycles. The van der Waals surface area contributed by atoms with E-state index < -0.39 is 27.9 Å². The van der Waals surface area contributed by atoms with Crippen LogP contribution in [-0.4, -0.2) is 32.7 Å². The summed E-state index contributed by atoms with van der Waals surface area (Å²) in [5.41, 5.74) is -2.31. The van der Waals surface area contributed by atoms with Gasteiger partial charge in [-0.15, -0.1) is 0 Å². The minimum absolute atomic E-state index is 0.119. The van der Waals surface area contributed by atoms with Crippen molar-refractivity contribution in [2.75, 3.05) is 0 Å². The van der Waals surface area contributed by atoms with E-state index >= 15 is 0 Å². The van der Waals surface area contributed by atoms with Crippen molar-refractivity contribution < 1.29 is 24.7 Å². The fourth-order valence-corrected chi connectivity index (χ4v) is 2.17. The second-order valence-corrected chi connectivity index (χ2v) is 5.99. The van der Waals surface area contributed by atoms with Gasteiger partial charge in [0.05, 0.1) is 4.92 Å². The molecule has 22 heavy (non-hydrogen) atoms. The van der Waals surface area contributed by atoms with Gasteiger partial charge in [0.1, 0.15) is 5.54 Å². The fourth-order valence-electron chi connectivity index (χ4n) is 2.17. The maximum Gasteiger partial charge on any atom is 0.405 e. The van der Waals surface area contributed by atoms with E-state index in [1.54, 1.807) is 20.8 Å². The number of nitro groups is 1. The van der Waals surface area contributed by atoms with E-state index in [1.807, 2.05) is 0 Å². The van der Waals surface area contributed by atoms with Gasteiger partial charge in [0, 0.05) is 18.6 Å². The van der Waals surface area contributed by atoms with Crippen molar-refractivity contribution in [3.63, 3.8) is 0 Å². The highest BCUT2D eigenvalue weighted by molar-refractivity contribution is 5.85. The molecule has 1 atom stereocenters. The Hall–Kier alpha value is -2.64. The Balaban J connectivity index is 3.25. The van der Waals surface area contributed by atoms with E-state index in [9.17, 15) is 24.8 Å². The lowest BCUT2D eigenvalue weighted by molar-refractivity contribution is -0.384. The summed E-state index contributed by atoms with van der Waals surface area (Å²) < 4.78 is 0. The molecule has 0 fully saturated rings. The molecular formula is C14H18N2O6. The lowest BCUT2D eigenvalue weighted by Gasteiger charge is -2.41. The third kappa shape index (κ3) is 3.51. The van der Waals surface area contributed by atoms with Gasteiger partial charge in [0.15, 0.2) is 0 Å². The monoisotopic (exact) mass is 310 g/mol. The van der Waals surface area contributed by atoms with Gasteiger partial charge in [-0.05, 0) is 11.0 Å². The third-order valence-corrected chi connectivity index (χ3v) is 3.58. The van der Waals surface area contributed by atoms with Gasteiger partial charge < -0.3 is 15.5 Å². The maximum atomic E-state index is 11.7. The van der Waals surface area contributed by atoms with Crippen LogP contribution in [0.3, 0.4) is 0 Å². The number of carbonyl (C=O) groups is 2. The number of carboxylic acids is 1. The number of amides is 1. The van der Waals surface area contributed by atoms with Crippen molar-refractivity contribution in [2.24, 2.45) is 5.41 Å². The van der Waals surface area contributed by atoms with Crippen LogP contribution in [0.1, 0.15) is 26.3 Å². The van der Waals surface area contributed by atoms with E-state index in [0.717, 1.165) is 0 Å². The van der Waals surface area contributed by atoms with Crippen molar-refractivity contribution in [3.8, 4) is 0 Å². The lowest BCUT2D eigenvalue weighted by atomic mass is 9.70. The molecule has 0 aromatic heterocycles. The summed E-state index contributed by atoms with van der Waals surface area (Å²) in [6.45, 7) is 4.84. The van der Waals surface area contributed by atoms with Crippen molar-refractivity contribution >= 4 is 17.7 Å². The first-order valence-corrected chi connectivity index (χ1v) is 6.47. The van der Waals surface area contributed by atoms with Crippen LogP contribution in [0, 0.1) is 15.5 Å². The molecule has 8 heteroatoms. The van der Waals surface area contributed by atoms with Crippen LogP contribution in [0.15, 0.2) is 24.3 Å². The van der Waals surface area contributed by atoms with Crippen LogP contribution in [-0.2, 0) is 11.2 Å². The number of nitro benzene ring substituents is 1. The molecule has 0 bridgehead atoms. The van der Waals surface area contributed by atoms with Crippen LogP contribution in [0.2, 0.25) is 0 Å². The SMILES string of the molecule is CC(C)(C)[C@@](Cc1ccc([N+](=O)[O-])cc1)(NC(=O)O)C(=O)O. The zero-order valence-corrected chi connectivity index (χ0v) is 12.5. The number of hydrogen-bond donors (Lipinski definition) is 3. The van der Waals surface area contributed by atoms with E-state index in [1.165, 1.54) is 24.3 Å². The van der Waals surface area contributed by atoms with E-state index in [4.69, 9.17) is 5.11 Å².